The highest BCUT2D eigenvalue weighted by Crippen LogP contribution is 2.39. The lowest BCUT2D eigenvalue weighted by atomic mass is 9.96. The molecule has 0 amide bonds. The molecule has 2 heterocycles. The molecule has 0 radical (unpaired) electrons. The van der Waals surface area contributed by atoms with Crippen LogP contribution in [0.1, 0.15) is 43.9 Å². The molecule has 6 heteroatoms. The number of thioether (sulfide) groups is 1. The average Bonchev–Trinajstić information content (AvgIpc) is 3.02. The van der Waals surface area contributed by atoms with Crippen molar-refractivity contribution in [3.05, 3.63) is 29.5 Å². The zero-order valence-corrected chi connectivity index (χ0v) is 15.0. The van der Waals surface area contributed by atoms with E-state index in [4.69, 9.17) is 0 Å². The maximum atomic E-state index is 12.7. The fourth-order valence-corrected chi connectivity index (χ4v) is 4.21. The molecule has 0 spiro atoms. The molecule has 3 rings (SSSR count). The Morgan fingerprint density at radius 3 is 2.67 bits per heavy atom. The molecule has 0 saturated carbocycles. The fraction of sp³-hybridized carbons (Fsp3) is 0.556. The first-order chi connectivity index (χ1) is 11.2. The number of hydrogen-bond donors (Lipinski definition) is 1. The van der Waals surface area contributed by atoms with Gasteiger partial charge in [-0.25, -0.2) is 0 Å². The minimum atomic E-state index is -4.25. The van der Waals surface area contributed by atoms with Crippen molar-refractivity contribution in [3.8, 4) is 0 Å². The second-order valence-corrected chi connectivity index (χ2v) is 8.05. The van der Waals surface area contributed by atoms with Crippen LogP contribution in [0.2, 0.25) is 0 Å². The summed E-state index contributed by atoms with van der Waals surface area (Å²) in [6.07, 6.45) is 3.23. The van der Waals surface area contributed by atoms with Crippen molar-refractivity contribution >= 4 is 22.7 Å². The molecule has 1 aliphatic rings. The van der Waals surface area contributed by atoms with Gasteiger partial charge in [-0.3, -0.25) is 0 Å². The van der Waals surface area contributed by atoms with E-state index in [2.05, 4.69) is 30.8 Å². The normalized spacial score (nSPS) is 19.7. The maximum absolute atomic E-state index is 12.7. The van der Waals surface area contributed by atoms with Gasteiger partial charge in [-0.15, -0.1) is 0 Å². The lowest BCUT2D eigenvalue weighted by molar-refractivity contribution is -0.0328. The first kappa shape index (κ1) is 17.7. The minimum Gasteiger partial charge on any atom is -0.358 e. The summed E-state index contributed by atoms with van der Waals surface area (Å²) in [5.41, 5.74) is -0.986. The molecule has 0 unspecified atom stereocenters. The van der Waals surface area contributed by atoms with Crippen LogP contribution in [0.4, 0.5) is 13.2 Å². The van der Waals surface area contributed by atoms with Crippen LogP contribution in [0, 0.1) is 0 Å². The highest BCUT2D eigenvalue weighted by Gasteiger charge is 2.30. The first-order valence-electron chi connectivity index (χ1n) is 8.35. The third-order valence-corrected chi connectivity index (χ3v) is 5.55. The summed E-state index contributed by atoms with van der Waals surface area (Å²) in [7, 11) is 2.13. The molecular formula is C18H23F3N2S. The van der Waals surface area contributed by atoms with Crippen molar-refractivity contribution in [2.75, 3.05) is 13.6 Å². The molecule has 1 atom stereocenters. The zero-order valence-electron chi connectivity index (χ0n) is 14.2. The summed E-state index contributed by atoms with van der Waals surface area (Å²) in [6, 6.07) is 5.49. The van der Waals surface area contributed by atoms with Gasteiger partial charge in [0.2, 0.25) is 0 Å². The van der Waals surface area contributed by atoms with E-state index in [-0.39, 0.29) is 16.7 Å². The molecular weight excluding hydrogens is 333 g/mol. The van der Waals surface area contributed by atoms with E-state index in [9.17, 15) is 13.2 Å². The third-order valence-electron chi connectivity index (χ3n) is 4.83. The van der Waals surface area contributed by atoms with Gasteiger partial charge in [0.15, 0.2) is 0 Å². The fourth-order valence-electron chi connectivity index (χ4n) is 3.63. The lowest BCUT2D eigenvalue weighted by Gasteiger charge is -2.20. The lowest BCUT2D eigenvalue weighted by Crippen LogP contribution is -2.27. The monoisotopic (exact) mass is 356 g/mol. The number of likely N-dealkylation sites (tertiary alicyclic amines) is 1. The number of hydrogen-bond acceptors (Lipinski definition) is 2. The molecule has 0 bridgehead atoms. The van der Waals surface area contributed by atoms with Crippen molar-refractivity contribution in [2.45, 2.75) is 55.5 Å². The molecule has 1 fully saturated rings. The van der Waals surface area contributed by atoms with Gasteiger partial charge in [-0.2, -0.15) is 13.2 Å². The topological polar surface area (TPSA) is 19.0 Å². The van der Waals surface area contributed by atoms with Gasteiger partial charge in [-0.05, 0) is 74.3 Å². The van der Waals surface area contributed by atoms with Crippen molar-refractivity contribution in [3.63, 3.8) is 0 Å². The SMILES string of the molecule is CC(C)c1[nH]c2ccc(SC(F)(F)F)cc2c1C[C@H]1CCCN1C. The predicted octanol–water partition coefficient (Wildman–Crippen LogP) is 5.54. The summed E-state index contributed by atoms with van der Waals surface area (Å²) >= 11 is -0.0391. The number of H-pyrrole nitrogens is 1. The van der Waals surface area contributed by atoms with Crippen LogP contribution in [0.15, 0.2) is 23.1 Å². The Hall–Kier alpha value is -1.14. The molecule has 1 N–H and O–H groups in total. The van der Waals surface area contributed by atoms with Crippen molar-refractivity contribution < 1.29 is 13.2 Å². The Morgan fingerprint density at radius 2 is 2.08 bits per heavy atom. The molecule has 2 nitrogen and oxygen atoms in total. The number of likely N-dealkylation sites (N-methyl/N-ethyl adjacent to an activating group) is 1. The van der Waals surface area contributed by atoms with Crippen LogP contribution in [-0.2, 0) is 6.42 Å². The first-order valence-corrected chi connectivity index (χ1v) is 9.16. The van der Waals surface area contributed by atoms with E-state index in [0.29, 0.717) is 12.0 Å². The van der Waals surface area contributed by atoms with Gasteiger partial charge in [0.1, 0.15) is 0 Å². The minimum absolute atomic E-state index is 0.0391. The van der Waals surface area contributed by atoms with Crippen molar-refractivity contribution in [1.29, 1.82) is 0 Å². The molecule has 1 aliphatic heterocycles. The number of nitrogens with one attached hydrogen (secondary N) is 1. The Morgan fingerprint density at radius 1 is 1.33 bits per heavy atom. The van der Waals surface area contributed by atoms with Gasteiger partial charge >= 0.3 is 5.51 Å². The van der Waals surface area contributed by atoms with Gasteiger partial charge in [0.25, 0.3) is 0 Å². The van der Waals surface area contributed by atoms with Crippen LogP contribution >= 0.6 is 11.8 Å². The number of rotatable bonds is 4. The molecule has 1 aromatic heterocycles. The zero-order chi connectivity index (χ0) is 17.5. The molecule has 1 aromatic carbocycles. The van der Waals surface area contributed by atoms with Gasteiger partial charge < -0.3 is 9.88 Å². The van der Waals surface area contributed by atoms with Crippen LogP contribution < -0.4 is 0 Å². The van der Waals surface area contributed by atoms with E-state index in [1.165, 1.54) is 12.0 Å². The second kappa shape index (κ2) is 6.64. The molecule has 1 saturated heterocycles. The number of aromatic nitrogens is 1. The molecule has 2 aromatic rings. The van der Waals surface area contributed by atoms with E-state index < -0.39 is 5.51 Å². The molecule has 0 aliphatic carbocycles. The van der Waals surface area contributed by atoms with Crippen LogP contribution in [0.3, 0.4) is 0 Å². The summed E-state index contributed by atoms with van der Waals surface area (Å²) < 4.78 is 38.1. The number of halogens is 3. The Labute approximate surface area is 144 Å². The van der Waals surface area contributed by atoms with Crippen LogP contribution in [0.5, 0.6) is 0 Å². The second-order valence-electron chi connectivity index (χ2n) is 6.91. The summed E-state index contributed by atoms with van der Waals surface area (Å²) in [5, 5.41) is 0.938. The van der Waals surface area contributed by atoms with E-state index >= 15 is 0 Å². The average molecular weight is 356 g/mol. The number of benzene rings is 1. The number of fused-ring (bicyclic) bond motifs is 1. The van der Waals surface area contributed by atoms with E-state index in [1.807, 2.05) is 0 Å². The van der Waals surface area contributed by atoms with E-state index in [1.54, 1.807) is 18.2 Å². The Balaban J connectivity index is 2.02. The summed E-state index contributed by atoms with van der Waals surface area (Å²) in [5.74, 6) is 0.317. The Kier molecular flexibility index (Phi) is 4.89. The number of aromatic amines is 1. The number of alkyl halides is 3. The van der Waals surface area contributed by atoms with E-state index in [0.717, 1.165) is 36.0 Å². The predicted molar refractivity (Wildman–Crippen MR) is 93.7 cm³/mol. The van der Waals surface area contributed by atoms with Gasteiger partial charge in [-0.1, -0.05) is 13.8 Å². The molecule has 24 heavy (non-hydrogen) atoms. The maximum Gasteiger partial charge on any atom is 0.446 e. The number of nitrogens with zero attached hydrogens (tertiary/aromatic N) is 1. The van der Waals surface area contributed by atoms with Crippen LogP contribution in [0.25, 0.3) is 10.9 Å². The van der Waals surface area contributed by atoms with Crippen molar-refractivity contribution in [2.24, 2.45) is 0 Å². The summed E-state index contributed by atoms with van der Waals surface area (Å²) in [6.45, 7) is 5.34. The van der Waals surface area contributed by atoms with Gasteiger partial charge in [0, 0.05) is 27.5 Å². The highest BCUT2D eigenvalue weighted by atomic mass is 32.2. The molecule has 132 valence electrons. The standard InChI is InChI=1S/C18H23F3N2S/c1-11(2)17-15(9-12-5-4-8-23(12)3)14-10-13(24-18(19,20)21)6-7-16(14)22-17/h6-7,10-12,22H,4-5,8-9H2,1-3H3/t12-/m1/s1. The van der Waals surface area contributed by atoms with Crippen molar-refractivity contribution in [1.82, 2.24) is 9.88 Å². The van der Waals surface area contributed by atoms with Crippen LogP contribution in [-0.4, -0.2) is 35.0 Å². The third kappa shape index (κ3) is 3.75. The van der Waals surface area contributed by atoms with Gasteiger partial charge in [0.05, 0.1) is 0 Å². The highest BCUT2D eigenvalue weighted by molar-refractivity contribution is 8.00. The Bertz CT molecular complexity index is 721. The largest absolute Gasteiger partial charge is 0.446 e. The summed E-state index contributed by atoms with van der Waals surface area (Å²) in [4.78, 5) is 6.05. The quantitative estimate of drug-likeness (QED) is 0.725. The smallest absolute Gasteiger partial charge is 0.358 e.